The Kier molecular flexibility index (Phi) is 2.78. The van der Waals surface area contributed by atoms with E-state index in [1.165, 1.54) is 17.3 Å². The molecule has 2 heterocycles. The lowest BCUT2D eigenvalue weighted by Gasteiger charge is -2.40. The molecule has 2 aromatic carbocycles. The van der Waals surface area contributed by atoms with Crippen molar-refractivity contribution in [2.45, 2.75) is 56.7 Å². The maximum atomic E-state index is 3.72. The molecule has 0 aromatic heterocycles. The minimum Gasteiger partial charge on any atom is -0.273 e. The smallest absolute Gasteiger partial charge is 0.0732 e. The predicted octanol–water partition coefficient (Wildman–Crippen LogP) is 5.55. The lowest BCUT2D eigenvalue weighted by atomic mass is 9.71. The molecular weight excluding hydrogens is 346 g/mol. The zero-order chi connectivity index (χ0) is 15.8. The van der Waals surface area contributed by atoms with Crippen LogP contribution in [0.2, 0.25) is 0 Å². The van der Waals surface area contributed by atoms with Crippen molar-refractivity contribution >= 4 is 15.9 Å². The van der Waals surface area contributed by atoms with Crippen molar-refractivity contribution in [3.8, 4) is 0 Å². The van der Waals surface area contributed by atoms with Gasteiger partial charge in [0.15, 0.2) is 0 Å². The van der Waals surface area contributed by atoms with Crippen molar-refractivity contribution in [2.24, 2.45) is 0 Å². The molecule has 23 heavy (non-hydrogen) atoms. The molecule has 1 aliphatic carbocycles. The maximum absolute atomic E-state index is 3.72. The molecule has 0 radical (unpaired) electrons. The number of halogens is 1. The second-order valence-electron chi connectivity index (χ2n) is 7.26. The van der Waals surface area contributed by atoms with E-state index in [1.807, 2.05) is 0 Å². The van der Waals surface area contributed by atoms with Crippen LogP contribution in [0.5, 0.6) is 0 Å². The van der Waals surface area contributed by atoms with Gasteiger partial charge in [0.1, 0.15) is 0 Å². The quantitative estimate of drug-likeness (QED) is 0.687. The molecule has 1 fully saturated rings. The van der Waals surface area contributed by atoms with E-state index < -0.39 is 0 Å². The molecule has 1 nitrogen and oxygen atoms in total. The molecule has 2 atom stereocenters. The highest BCUT2D eigenvalue weighted by Crippen LogP contribution is 2.68. The van der Waals surface area contributed by atoms with Gasteiger partial charge in [-0.2, -0.15) is 0 Å². The summed E-state index contributed by atoms with van der Waals surface area (Å²) in [6, 6.07) is 17.0. The van der Waals surface area contributed by atoms with Gasteiger partial charge in [0.05, 0.1) is 11.1 Å². The fraction of sp³-hybridized carbons (Fsp3) is 0.429. The van der Waals surface area contributed by atoms with Gasteiger partial charge in [-0.1, -0.05) is 60.1 Å². The van der Waals surface area contributed by atoms with Gasteiger partial charge >= 0.3 is 0 Å². The van der Waals surface area contributed by atoms with Gasteiger partial charge in [-0.25, -0.2) is 0 Å². The van der Waals surface area contributed by atoms with E-state index in [9.17, 15) is 0 Å². The molecule has 118 valence electrons. The molecule has 1 saturated carbocycles. The maximum Gasteiger partial charge on any atom is 0.0732 e. The number of benzene rings is 2. The van der Waals surface area contributed by atoms with E-state index in [1.54, 1.807) is 22.3 Å². The predicted molar refractivity (Wildman–Crippen MR) is 97.6 cm³/mol. The molecular formula is C21H22BrN. The summed E-state index contributed by atoms with van der Waals surface area (Å²) in [6.07, 6.45) is 5.00. The summed E-state index contributed by atoms with van der Waals surface area (Å²) in [5.74, 6) is 0. The van der Waals surface area contributed by atoms with Crippen LogP contribution in [-0.2, 0) is 11.1 Å². The molecule has 3 aliphatic rings. The number of fused-ring (bicyclic) bond motifs is 8. The topological polar surface area (TPSA) is 3.24 Å². The van der Waals surface area contributed by atoms with Gasteiger partial charge in [-0.15, -0.1) is 0 Å². The van der Waals surface area contributed by atoms with E-state index >= 15 is 0 Å². The Morgan fingerprint density at radius 1 is 0.913 bits per heavy atom. The van der Waals surface area contributed by atoms with Crippen LogP contribution in [0.4, 0.5) is 0 Å². The molecule has 0 N–H and O–H groups in total. The van der Waals surface area contributed by atoms with Gasteiger partial charge in [-0.3, -0.25) is 4.90 Å². The summed E-state index contributed by atoms with van der Waals surface area (Å²) in [7, 11) is 0. The summed E-state index contributed by atoms with van der Waals surface area (Å²) < 4.78 is 1.20. The molecule has 2 bridgehead atoms. The van der Waals surface area contributed by atoms with Gasteiger partial charge in [-0.05, 0) is 60.1 Å². The first kappa shape index (κ1) is 14.2. The molecule has 2 unspecified atom stereocenters. The lowest BCUT2D eigenvalue weighted by molar-refractivity contribution is 0.0589. The van der Waals surface area contributed by atoms with Gasteiger partial charge in [0, 0.05) is 10.5 Å². The summed E-state index contributed by atoms with van der Waals surface area (Å²) >= 11 is 3.72. The second-order valence-corrected chi connectivity index (χ2v) is 8.18. The average molecular weight is 368 g/mol. The van der Waals surface area contributed by atoms with E-state index in [2.05, 4.69) is 77.1 Å². The zero-order valence-electron chi connectivity index (χ0n) is 13.8. The number of hydrogen-bond donors (Lipinski definition) is 0. The minimum atomic E-state index is 0.0763. The number of nitrogens with zero attached hydrogens (tertiary/aromatic N) is 1. The number of rotatable bonds is 3. The van der Waals surface area contributed by atoms with Crippen LogP contribution >= 0.6 is 15.9 Å². The highest BCUT2D eigenvalue weighted by molar-refractivity contribution is 9.10. The van der Waals surface area contributed by atoms with E-state index in [4.69, 9.17) is 0 Å². The molecule has 2 heteroatoms. The van der Waals surface area contributed by atoms with Crippen molar-refractivity contribution in [1.82, 2.24) is 4.90 Å². The molecule has 2 aliphatic heterocycles. The zero-order valence-corrected chi connectivity index (χ0v) is 15.4. The first-order valence-corrected chi connectivity index (χ1v) is 9.69. The molecule has 5 rings (SSSR count). The van der Waals surface area contributed by atoms with E-state index in [0.717, 1.165) is 18.9 Å². The fourth-order valence-electron chi connectivity index (χ4n) is 5.62. The summed E-state index contributed by atoms with van der Waals surface area (Å²) in [5.41, 5.74) is 6.38. The minimum absolute atomic E-state index is 0.0763. The third-order valence-electron chi connectivity index (χ3n) is 6.45. The Balaban J connectivity index is 1.93. The van der Waals surface area contributed by atoms with Gasteiger partial charge < -0.3 is 0 Å². The summed E-state index contributed by atoms with van der Waals surface area (Å²) in [6.45, 7) is 4.74. The molecule has 2 aromatic rings. The van der Waals surface area contributed by atoms with Crippen LogP contribution in [0, 0.1) is 0 Å². The number of hydrogen-bond acceptors (Lipinski definition) is 1. The standard InChI is InChI=1S/C21H22BrN/c1-3-20-16-7-5-6-8-17(16)21(4-2,23(20)15-10-11-15)19-13-14(22)9-12-18(19)20/h5-9,12-13,15H,3-4,10-11H2,1-2H3. The molecule has 0 saturated heterocycles. The average Bonchev–Trinajstić information content (AvgIpc) is 3.34. The van der Waals surface area contributed by atoms with Crippen LogP contribution in [-0.4, -0.2) is 10.9 Å². The Labute approximate surface area is 146 Å². The molecule has 0 spiro atoms. The second kappa shape index (κ2) is 4.49. The SMILES string of the molecule is CCC12c3ccccc3C(CC)(c3cc(Br)ccc31)N2C1CC1. The summed E-state index contributed by atoms with van der Waals surface area (Å²) in [5, 5.41) is 0. The van der Waals surface area contributed by atoms with Crippen LogP contribution in [0.1, 0.15) is 61.8 Å². The third kappa shape index (κ3) is 1.44. The van der Waals surface area contributed by atoms with Gasteiger partial charge in [0.2, 0.25) is 0 Å². The Morgan fingerprint density at radius 2 is 1.48 bits per heavy atom. The lowest BCUT2D eigenvalue weighted by Crippen LogP contribution is -2.46. The molecule has 0 amide bonds. The Bertz CT molecular complexity index is 809. The van der Waals surface area contributed by atoms with Crippen LogP contribution in [0.25, 0.3) is 0 Å². The van der Waals surface area contributed by atoms with E-state index in [0.29, 0.717) is 0 Å². The van der Waals surface area contributed by atoms with Crippen molar-refractivity contribution in [3.05, 3.63) is 69.2 Å². The van der Waals surface area contributed by atoms with Crippen molar-refractivity contribution < 1.29 is 0 Å². The highest BCUT2D eigenvalue weighted by Gasteiger charge is 2.67. The van der Waals surface area contributed by atoms with E-state index in [-0.39, 0.29) is 11.1 Å². The van der Waals surface area contributed by atoms with Crippen molar-refractivity contribution in [3.63, 3.8) is 0 Å². The van der Waals surface area contributed by atoms with Crippen molar-refractivity contribution in [2.75, 3.05) is 0 Å². The first-order valence-electron chi connectivity index (χ1n) is 8.90. The van der Waals surface area contributed by atoms with Crippen molar-refractivity contribution in [1.29, 1.82) is 0 Å². The third-order valence-corrected chi connectivity index (χ3v) is 6.94. The fourth-order valence-corrected chi connectivity index (χ4v) is 5.98. The van der Waals surface area contributed by atoms with Crippen LogP contribution in [0.3, 0.4) is 0 Å². The van der Waals surface area contributed by atoms with Crippen LogP contribution < -0.4 is 0 Å². The first-order chi connectivity index (χ1) is 11.2. The van der Waals surface area contributed by atoms with Crippen LogP contribution in [0.15, 0.2) is 46.9 Å². The van der Waals surface area contributed by atoms with Gasteiger partial charge in [0.25, 0.3) is 0 Å². The normalized spacial score (nSPS) is 31.3. The monoisotopic (exact) mass is 367 g/mol. The highest BCUT2D eigenvalue weighted by atomic mass is 79.9. The summed E-state index contributed by atoms with van der Waals surface area (Å²) in [4.78, 5) is 2.90. The Morgan fingerprint density at radius 3 is 2.04 bits per heavy atom. The largest absolute Gasteiger partial charge is 0.273 e. The Hall–Kier alpha value is -1.12.